The first kappa shape index (κ1) is 19.6. The van der Waals surface area contributed by atoms with Crippen LogP contribution in [0.15, 0.2) is 36.4 Å². The van der Waals surface area contributed by atoms with E-state index in [2.05, 4.69) is 16.7 Å². The molecule has 6 heteroatoms. The van der Waals surface area contributed by atoms with Gasteiger partial charge in [0, 0.05) is 37.5 Å². The minimum Gasteiger partial charge on any atom is -0.376 e. The quantitative estimate of drug-likeness (QED) is 0.748. The molecule has 2 N–H and O–H groups in total. The molecular formula is C21H29N3O3. The van der Waals surface area contributed by atoms with Gasteiger partial charge >= 0.3 is 0 Å². The van der Waals surface area contributed by atoms with Crippen molar-refractivity contribution >= 4 is 17.5 Å². The van der Waals surface area contributed by atoms with Crippen molar-refractivity contribution in [2.45, 2.75) is 44.8 Å². The number of carbonyl (C=O) groups is 2. The number of rotatable bonds is 6. The molecular weight excluding hydrogens is 342 g/mol. The molecule has 3 rings (SSSR count). The second kappa shape index (κ2) is 9.67. The molecule has 27 heavy (non-hydrogen) atoms. The topological polar surface area (TPSA) is 70.7 Å². The lowest BCUT2D eigenvalue weighted by atomic mass is 10.1. The number of hydrogen-bond acceptors (Lipinski definition) is 4. The molecule has 0 saturated carbocycles. The second-order valence-electron chi connectivity index (χ2n) is 7.06. The van der Waals surface area contributed by atoms with Gasteiger partial charge < -0.3 is 20.3 Å². The zero-order valence-corrected chi connectivity index (χ0v) is 15.9. The monoisotopic (exact) mass is 371 g/mol. The number of fused-ring (bicyclic) bond motifs is 1. The molecule has 146 valence electrons. The molecule has 1 aromatic carbocycles. The van der Waals surface area contributed by atoms with E-state index in [9.17, 15) is 9.59 Å². The molecule has 2 heterocycles. The third-order valence-corrected chi connectivity index (χ3v) is 5.05. The van der Waals surface area contributed by atoms with Gasteiger partial charge in [0.25, 0.3) is 5.91 Å². The molecule has 1 aromatic rings. The van der Waals surface area contributed by atoms with Gasteiger partial charge in [-0.1, -0.05) is 31.2 Å². The molecule has 0 bridgehead atoms. The Kier molecular flexibility index (Phi) is 7.01. The van der Waals surface area contributed by atoms with Crippen molar-refractivity contribution in [2.75, 3.05) is 31.1 Å². The molecule has 1 saturated heterocycles. The highest BCUT2D eigenvalue weighted by atomic mass is 16.5. The van der Waals surface area contributed by atoms with Gasteiger partial charge in [-0.2, -0.15) is 0 Å². The lowest BCUT2D eigenvalue weighted by Crippen LogP contribution is -2.38. The first-order chi connectivity index (χ1) is 13.2. The number of benzene rings is 1. The average Bonchev–Trinajstić information content (AvgIpc) is 2.95. The van der Waals surface area contributed by atoms with Gasteiger partial charge in [0.05, 0.1) is 12.5 Å². The number of nitrogens with zero attached hydrogens (tertiary/aromatic N) is 1. The number of ether oxygens (including phenoxy) is 1. The fraction of sp³-hybridized carbons (Fsp3) is 0.524. The maximum Gasteiger partial charge on any atom is 0.250 e. The summed E-state index contributed by atoms with van der Waals surface area (Å²) in [5, 5.41) is 6.28. The summed E-state index contributed by atoms with van der Waals surface area (Å²) in [6.45, 7) is 5.02. The highest BCUT2D eigenvalue weighted by Gasteiger charge is 2.23. The number of hydrogen-bond donors (Lipinski definition) is 2. The van der Waals surface area contributed by atoms with E-state index in [0.29, 0.717) is 26.1 Å². The third-order valence-electron chi connectivity index (χ3n) is 5.05. The van der Waals surface area contributed by atoms with Crippen LogP contribution in [0.1, 0.15) is 31.7 Å². The summed E-state index contributed by atoms with van der Waals surface area (Å²) in [5.41, 5.74) is 2.19. The summed E-state index contributed by atoms with van der Waals surface area (Å²) in [6.07, 6.45) is 6.23. The summed E-state index contributed by atoms with van der Waals surface area (Å²) in [5.74, 6) is -0.0804. The van der Waals surface area contributed by atoms with E-state index in [-0.39, 0.29) is 24.0 Å². The minimum atomic E-state index is -0.155. The van der Waals surface area contributed by atoms with Crippen molar-refractivity contribution in [3.8, 4) is 0 Å². The van der Waals surface area contributed by atoms with E-state index >= 15 is 0 Å². The Morgan fingerprint density at radius 2 is 2.26 bits per heavy atom. The lowest BCUT2D eigenvalue weighted by Gasteiger charge is -2.18. The predicted octanol–water partition coefficient (Wildman–Crippen LogP) is 1.80. The van der Waals surface area contributed by atoms with Crippen LogP contribution < -0.4 is 15.5 Å². The molecule has 0 spiro atoms. The lowest BCUT2D eigenvalue weighted by molar-refractivity contribution is -0.124. The molecule has 0 aromatic heterocycles. The summed E-state index contributed by atoms with van der Waals surface area (Å²) in [6, 6.07) is 7.84. The fourth-order valence-corrected chi connectivity index (χ4v) is 3.51. The zero-order valence-electron chi connectivity index (χ0n) is 15.9. The highest BCUT2D eigenvalue weighted by molar-refractivity contribution is 6.02. The van der Waals surface area contributed by atoms with Crippen LogP contribution in [0.5, 0.6) is 0 Å². The number of carbonyl (C=O) groups excluding carboxylic acids is 2. The number of anilines is 1. The van der Waals surface area contributed by atoms with Crippen molar-refractivity contribution in [1.82, 2.24) is 10.6 Å². The standard InChI is InChI=1S/C21H29N3O3/c1-2-17(23-20(25)14-18-15-22-11-5-13-27-18)8-9-21(26)24-12-10-16-6-3-4-7-19(16)24/h3-4,6-9,17-18,22H,2,5,10-15H2,1H3,(H,23,25)/b9-8+/t17-,18+/m0/s1. The normalized spacial score (nSPS) is 20.9. The Bertz CT molecular complexity index is 681. The zero-order chi connectivity index (χ0) is 19.1. The van der Waals surface area contributed by atoms with Gasteiger partial charge in [-0.25, -0.2) is 0 Å². The van der Waals surface area contributed by atoms with Gasteiger partial charge in [0.15, 0.2) is 0 Å². The van der Waals surface area contributed by atoms with Crippen LogP contribution in [-0.2, 0) is 20.7 Å². The molecule has 2 amide bonds. The Morgan fingerprint density at radius 1 is 1.41 bits per heavy atom. The Labute approximate surface area is 161 Å². The Morgan fingerprint density at radius 3 is 3.11 bits per heavy atom. The molecule has 0 aliphatic carbocycles. The van der Waals surface area contributed by atoms with Crippen LogP contribution in [0, 0.1) is 0 Å². The molecule has 2 aliphatic heterocycles. The molecule has 2 atom stereocenters. The van der Waals surface area contributed by atoms with Crippen LogP contribution in [0.25, 0.3) is 0 Å². The minimum absolute atomic E-state index is 0.0380. The van der Waals surface area contributed by atoms with E-state index in [4.69, 9.17) is 4.74 Å². The number of amides is 2. The highest BCUT2D eigenvalue weighted by Crippen LogP contribution is 2.27. The van der Waals surface area contributed by atoms with Gasteiger partial charge in [0.1, 0.15) is 0 Å². The first-order valence-electron chi connectivity index (χ1n) is 9.86. The molecule has 0 radical (unpaired) electrons. The predicted molar refractivity (Wildman–Crippen MR) is 106 cm³/mol. The van der Waals surface area contributed by atoms with Crippen molar-refractivity contribution in [3.05, 3.63) is 42.0 Å². The van der Waals surface area contributed by atoms with Crippen molar-refractivity contribution in [1.29, 1.82) is 0 Å². The SMILES string of the molecule is CC[C@@H](/C=C/C(=O)N1CCc2ccccc21)NC(=O)C[C@@H]1CNCCCO1. The number of nitrogens with one attached hydrogen (secondary N) is 2. The van der Waals surface area contributed by atoms with Crippen molar-refractivity contribution in [2.24, 2.45) is 0 Å². The fourth-order valence-electron chi connectivity index (χ4n) is 3.51. The third kappa shape index (κ3) is 5.40. The van der Waals surface area contributed by atoms with E-state index < -0.39 is 0 Å². The first-order valence-corrected chi connectivity index (χ1v) is 9.86. The maximum absolute atomic E-state index is 12.6. The molecule has 1 fully saturated rings. The average molecular weight is 371 g/mol. The van der Waals surface area contributed by atoms with E-state index in [1.165, 1.54) is 5.56 Å². The molecule has 0 unspecified atom stereocenters. The summed E-state index contributed by atoms with van der Waals surface area (Å²) in [7, 11) is 0. The van der Waals surface area contributed by atoms with E-state index in [1.54, 1.807) is 17.1 Å². The van der Waals surface area contributed by atoms with E-state index in [1.807, 2.05) is 25.1 Å². The van der Waals surface area contributed by atoms with E-state index in [0.717, 1.165) is 31.5 Å². The Balaban J connectivity index is 1.52. The molecule has 6 nitrogen and oxygen atoms in total. The van der Waals surface area contributed by atoms with Crippen molar-refractivity contribution in [3.63, 3.8) is 0 Å². The van der Waals surface area contributed by atoms with Gasteiger partial charge in [-0.15, -0.1) is 0 Å². The smallest absolute Gasteiger partial charge is 0.250 e. The maximum atomic E-state index is 12.6. The molecule has 2 aliphatic rings. The van der Waals surface area contributed by atoms with Crippen LogP contribution in [0.2, 0.25) is 0 Å². The van der Waals surface area contributed by atoms with Gasteiger partial charge in [0.2, 0.25) is 5.91 Å². The van der Waals surface area contributed by atoms with Crippen LogP contribution in [-0.4, -0.2) is 50.2 Å². The summed E-state index contributed by atoms with van der Waals surface area (Å²) in [4.78, 5) is 26.7. The van der Waals surface area contributed by atoms with Gasteiger partial charge in [-0.3, -0.25) is 9.59 Å². The Hall–Kier alpha value is -2.18. The van der Waals surface area contributed by atoms with Gasteiger partial charge in [-0.05, 0) is 37.4 Å². The number of para-hydroxylation sites is 1. The van der Waals surface area contributed by atoms with Crippen LogP contribution >= 0.6 is 0 Å². The largest absolute Gasteiger partial charge is 0.376 e. The van der Waals surface area contributed by atoms with Crippen LogP contribution in [0.3, 0.4) is 0 Å². The van der Waals surface area contributed by atoms with Crippen molar-refractivity contribution < 1.29 is 14.3 Å². The van der Waals surface area contributed by atoms with Crippen LogP contribution in [0.4, 0.5) is 5.69 Å². The second-order valence-corrected chi connectivity index (χ2v) is 7.06. The summed E-state index contributed by atoms with van der Waals surface area (Å²) < 4.78 is 5.69. The summed E-state index contributed by atoms with van der Waals surface area (Å²) >= 11 is 0.